The topological polar surface area (TPSA) is 37.0 Å². The first-order valence-corrected chi connectivity index (χ1v) is 10.3. The number of hydrogen-bond acceptors (Lipinski definition) is 5. The maximum Gasteiger partial charge on any atom is 0.163 e. The van der Waals surface area contributed by atoms with Crippen LogP contribution in [0.25, 0.3) is 0 Å². The lowest BCUT2D eigenvalue weighted by atomic mass is 10.0. The molecule has 0 amide bonds. The maximum absolute atomic E-state index is 6.31. The second-order valence-corrected chi connectivity index (χ2v) is 7.91. The van der Waals surface area contributed by atoms with Crippen LogP contribution in [0.3, 0.4) is 0 Å². The normalized spacial score (nSPS) is 23.0. The predicted octanol–water partition coefficient (Wildman–Crippen LogP) is 2.80. The SMILES string of the molecule is COc1ccc(N2CCN[C@@H](Cc3ccccc3)C2)cc1OC1CCN(C)C1. The number of likely N-dealkylation sites (tertiary alicyclic amines) is 1. The average Bonchev–Trinajstić information content (AvgIpc) is 3.13. The largest absolute Gasteiger partial charge is 0.493 e. The molecule has 0 spiro atoms. The molecule has 5 heteroatoms. The van der Waals surface area contributed by atoms with E-state index < -0.39 is 0 Å². The predicted molar refractivity (Wildman–Crippen MR) is 114 cm³/mol. The highest BCUT2D eigenvalue weighted by molar-refractivity contribution is 5.57. The minimum atomic E-state index is 0.239. The summed E-state index contributed by atoms with van der Waals surface area (Å²) in [6.07, 6.45) is 2.35. The van der Waals surface area contributed by atoms with Gasteiger partial charge in [0.05, 0.1) is 7.11 Å². The lowest BCUT2D eigenvalue weighted by Gasteiger charge is -2.35. The molecule has 2 aliphatic rings. The number of rotatable bonds is 6. The molecule has 0 saturated carbocycles. The van der Waals surface area contributed by atoms with Gasteiger partial charge < -0.3 is 24.6 Å². The Hall–Kier alpha value is -2.24. The highest BCUT2D eigenvalue weighted by Crippen LogP contribution is 2.34. The molecule has 0 bridgehead atoms. The number of hydrogen-bond donors (Lipinski definition) is 1. The Balaban J connectivity index is 1.46. The van der Waals surface area contributed by atoms with Crippen LogP contribution in [0.4, 0.5) is 5.69 Å². The molecule has 4 rings (SSSR count). The molecule has 1 N–H and O–H groups in total. The van der Waals surface area contributed by atoms with E-state index in [0.29, 0.717) is 6.04 Å². The summed E-state index contributed by atoms with van der Waals surface area (Å²) in [6, 6.07) is 17.5. The second-order valence-electron chi connectivity index (χ2n) is 7.91. The molecule has 2 saturated heterocycles. The van der Waals surface area contributed by atoms with Gasteiger partial charge in [0.15, 0.2) is 11.5 Å². The summed E-state index contributed by atoms with van der Waals surface area (Å²) >= 11 is 0. The van der Waals surface area contributed by atoms with E-state index >= 15 is 0 Å². The molecule has 2 aromatic rings. The molecule has 2 heterocycles. The van der Waals surface area contributed by atoms with E-state index in [0.717, 1.165) is 57.1 Å². The Morgan fingerprint density at radius 1 is 1.04 bits per heavy atom. The molecule has 0 radical (unpaired) electrons. The van der Waals surface area contributed by atoms with Crippen molar-refractivity contribution in [2.75, 3.05) is 51.8 Å². The summed E-state index contributed by atoms with van der Waals surface area (Å²) in [6.45, 7) is 5.05. The fraction of sp³-hybridized carbons (Fsp3) is 0.478. The number of ether oxygens (including phenoxy) is 2. The first-order chi connectivity index (χ1) is 13.7. The number of piperazine rings is 1. The fourth-order valence-corrected chi connectivity index (χ4v) is 4.22. The third-order valence-electron chi connectivity index (χ3n) is 5.73. The summed E-state index contributed by atoms with van der Waals surface area (Å²) in [5.41, 5.74) is 2.59. The maximum atomic E-state index is 6.31. The molecule has 150 valence electrons. The molecule has 2 atom stereocenters. The van der Waals surface area contributed by atoms with Crippen LogP contribution in [0.2, 0.25) is 0 Å². The van der Waals surface area contributed by atoms with Gasteiger partial charge in [0.1, 0.15) is 6.10 Å². The van der Waals surface area contributed by atoms with Crippen LogP contribution in [-0.2, 0) is 6.42 Å². The van der Waals surface area contributed by atoms with Gasteiger partial charge in [-0.05, 0) is 37.6 Å². The van der Waals surface area contributed by atoms with Crippen molar-refractivity contribution in [1.82, 2.24) is 10.2 Å². The Morgan fingerprint density at radius 3 is 2.64 bits per heavy atom. The first kappa shape index (κ1) is 19.1. The van der Waals surface area contributed by atoms with E-state index in [2.05, 4.69) is 64.6 Å². The Morgan fingerprint density at radius 2 is 1.89 bits per heavy atom. The summed E-state index contributed by atoms with van der Waals surface area (Å²) in [4.78, 5) is 4.77. The molecule has 28 heavy (non-hydrogen) atoms. The molecule has 5 nitrogen and oxygen atoms in total. The molecule has 2 fully saturated rings. The number of benzene rings is 2. The molecule has 0 aliphatic carbocycles. The minimum absolute atomic E-state index is 0.239. The molecule has 1 unspecified atom stereocenters. The van der Waals surface area contributed by atoms with Crippen LogP contribution in [-0.4, -0.2) is 63.9 Å². The monoisotopic (exact) mass is 381 g/mol. The van der Waals surface area contributed by atoms with Crippen molar-refractivity contribution < 1.29 is 9.47 Å². The van der Waals surface area contributed by atoms with E-state index in [4.69, 9.17) is 9.47 Å². The lowest BCUT2D eigenvalue weighted by molar-refractivity contribution is 0.199. The summed E-state index contributed by atoms with van der Waals surface area (Å²) in [5.74, 6) is 1.67. The fourth-order valence-electron chi connectivity index (χ4n) is 4.22. The second kappa shape index (κ2) is 8.84. The third-order valence-corrected chi connectivity index (χ3v) is 5.73. The standard InChI is InChI=1S/C23H31N3O2/c1-25-12-10-21(17-25)28-23-15-20(8-9-22(23)27-2)26-13-11-24-19(16-26)14-18-6-4-3-5-7-18/h3-9,15,19,21,24H,10-14,16-17H2,1-2H3/t19-,21?/m0/s1. The zero-order valence-electron chi connectivity index (χ0n) is 16.9. The van der Waals surface area contributed by atoms with Crippen molar-refractivity contribution in [1.29, 1.82) is 0 Å². The quantitative estimate of drug-likeness (QED) is 0.833. The van der Waals surface area contributed by atoms with Crippen molar-refractivity contribution in [2.45, 2.75) is 25.0 Å². The Kier molecular flexibility index (Phi) is 6.03. The Labute approximate surface area is 168 Å². The molecular weight excluding hydrogens is 350 g/mol. The zero-order chi connectivity index (χ0) is 19.3. The summed E-state index contributed by atoms with van der Waals surface area (Å²) < 4.78 is 11.9. The highest BCUT2D eigenvalue weighted by Gasteiger charge is 2.24. The number of methoxy groups -OCH3 is 1. The van der Waals surface area contributed by atoms with Crippen LogP contribution in [0.1, 0.15) is 12.0 Å². The van der Waals surface area contributed by atoms with Gasteiger partial charge in [-0.15, -0.1) is 0 Å². The van der Waals surface area contributed by atoms with E-state index in [1.165, 1.54) is 11.3 Å². The van der Waals surface area contributed by atoms with Crippen molar-refractivity contribution in [3.8, 4) is 11.5 Å². The third kappa shape index (κ3) is 4.59. The van der Waals surface area contributed by atoms with Gasteiger partial charge in [0.25, 0.3) is 0 Å². The number of anilines is 1. The Bertz CT molecular complexity index is 768. The lowest BCUT2D eigenvalue weighted by Crippen LogP contribution is -2.51. The van der Waals surface area contributed by atoms with E-state index in [1.54, 1.807) is 7.11 Å². The van der Waals surface area contributed by atoms with E-state index in [9.17, 15) is 0 Å². The molecular formula is C23H31N3O2. The summed E-state index contributed by atoms with van der Waals surface area (Å²) in [7, 11) is 3.86. The zero-order valence-corrected chi connectivity index (χ0v) is 16.9. The van der Waals surface area contributed by atoms with Gasteiger partial charge in [-0.2, -0.15) is 0 Å². The van der Waals surface area contributed by atoms with Crippen molar-refractivity contribution in [3.05, 3.63) is 54.1 Å². The van der Waals surface area contributed by atoms with Crippen molar-refractivity contribution in [2.24, 2.45) is 0 Å². The van der Waals surface area contributed by atoms with Crippen LogP contribution in [0, 0.1) is 0 Å². The minimum Gasteiger partial charge on any atom is -0.493 e. The molecule has 2 aliphatic heterocycles. The van der Waals surface area contributed by atoms with Crippen LogP contribution >= 0.6 is 0 Å². The van der Waals surface area contributed by atoms with E-state index in [1.807, 2.05) is 6.07 Å². The van der Waals surface area contributed by atoms with Gasteiger partial charge in [0.2, 0.25) is 0 Å². The first-order valence-electron chi connectivity index (χ1n) is 10.3. The average molecular weight is 382 g/mol. The van der Waals surface area contributed by atoms with Gasteiger partial charge in [-0.3, -0.25) is 0 Å². The van der Waals surface area contributed by atoms with Gasteiger partial charge in [-0.1, -0.05) is 30.3 Å². The molecule has 0 aromatic heterocycles. The molecule has 2 aromatic carbocycles. The number of likely N-dealkylation sites (N-methyl/N-ethyl adjacent to an activating group) is 1. The highest BCUT2D eigenvalue weighted by atomic mass is 16.5. The van der Waals surface area contributed by atoms with Gasteiger partial charge in [-0.25, -0.2) is 0 Å². The van der Waals surface area contributed by atoms with Crippen molar-refractivity contribution >= 4 is 5.69 Å². The van der Waals surface area contributed by atoms with Crippen molar-refractivity contribution in [3.63, 3.8) is 0 Å². The van der Waals surface area contributed by atoms with Gasteiger partial charge >= 0.3 is 0 Å². The van der Waals surface area contributed by atoms with Crippen LogP contribution < -0.4 is 19.7 Å². The summed E-state index contributed by atoms with van der Waals surface area (Å²) in [5, 5.41) is 3.66. The van der Waals surface area contributed by atoms with Crippen LogP contribution in [0.5, 0.6) is 11.5 Å². The van der Waals surface area contributed by atoms with Crippen LogP contribution in [0.15, 0.2) is 48.5 Å². The van der Waals surface area contributed by atoms with E-state index in [-0.39, 0.29) is 6.10 Å². The number of nitrogens with one attached hydrogen (secondary N) is 1. The smallest absolute Gasteiger partial charge is 0.163 e. The number of nitrogens with zero attached hydrogens (tertiary/aromatic N) is 2. The van der Waals surface area contributed by atoms with Gasteiger partial charge in [0, 0.05) is 50.5 Å².